The molecule has 6 rings (SSSR count). The zero-order valence-electron chi connectivity index (χ0n) is 21.8. The maximum absolute atomic E-state index is 13.1. The number of nitrogens with zero attached hydrogens (tertiary/aromatic N) is 4. The Balaban J connectivity index is 1.03. The lowest BCUT2D eigenvalue weighted by Crippen LogP contribution is -2.36. The quantitative estimate of drug-likeness (QED) is 0.377. The molecule has 2 N–H and O–H groups in total. The number of para-hydroxylation sites is 1. The first-order chi connectivity index (χ1) is 19.1. The first-order valence-electron chi connectivity index (χ1n) is 13.6. The summed E-state index contributed by atoms with van der Waals surface area (Å²) in [5.74, 6) is 0.606. The van der Waals surface area contributed by atoms with Crippen molar-refractivity contribution < 1.29 is 9.59 Å². The van der Waals surface area contributed by atoms with E-state index in [9.17, 15) is 9.59 Å². The zero-order valence-corrected chi connectivity index (χ0v) is 21.8. The number of benzene rings is 3. The predicted octanol–water partition coefficient (Wildman–Crippen LogP) is 4.40. The van der Waals surface area contributed by atoms with Crippen LogP contribution in [0.15, 0.2) is 79.1 Å². The highest BCUT2D eigenvalue weighted by molar-refractivity contribution is 5.92. The van der Waals surface area contributed by atoms with Crippen LogP contribution >= 0.6 is 0 Å². The molecule has 0 saturated heterocycles. The van der Waals surface area contributed by atoms with Crippen molar-refractivity contribution in [3.63, 3.8) is 0 Å². The van der Waals surface area contributed by atoms with E-state index in [4.69, 9.17) is 0 Å². The van der Waals surface area contributed by atoms with Gasteiger partial charge in [0.15, 0.2) is 0 Å². The third-order valence-electron chi connectivity index (χ3n) is 7.69. The predicted molar refractivity (Wildman–Crippen MR) is 151 cm³/mol. The number of carbonyl (C=O) groups is 2. The van der Waals surface area contributed by atoms with E-state index in [1.54, 1.807) is 17.1 Å². The number of aromatic nitrogens is 3. The molecule has 8 nitrogen and oxygen atoms in total. The summed E-state index contributed by atoms with van der Waals surface area (Å²) in [6, 6.07) is 22.2. The summed E-state index contributed by atoms with van der Waals surface area (Å²) in [5.41, 5.74) is 7.44. The number of anilines is 2. The SMILES string of the molecule is O=C(Cc1ccc2c(c1)CN(C(=O)CCC1CNc3ccccc3C1)CC2)Nc1cccc(-n2ccnn2)c1. The molecule has 0 saturated carbocycles. The van der Waals surface area contributed by atoms with Crippen molar-refractivity contribution in [1.82, 2.24) is 19.9 Å². The smallest absolute Gasteiger partial charge is 0.228 e. The average Bonchev–Trinajstić information content (AvgIpc) is 3.51. The van der Waals surface area contributed by atoms with Crippen LogP contribution in [0.4, 0.5) is 11.4 Å². The minimum absolute atomic E-state index is 0.0860. The number of carbonyl (C=O) groups excluding carboxylic acids is 2. The highest BCUT2D eigenvalue weighted by Crippen LogP contribution is 2.28. The van der Waals surface area contributed by atoms with Crippen molar-refractivity contribution >= 4 is 23.2 Å². The molecule has 0 radical (unpaired) electrons. The third-order valence-corrected chi connectivity index (χ3v) is 7.69. The standard InChI is InChI=1S/C31H32N6O2/c38-30(34-27-5-3-6-28(19-27)37-15-13-33-35-37)18-22-8-10-24-12-14-36(21-26(24)16-22)31(39)11-9-23-17-25-4-1-2-7-29(25)32-20-23/h1-8,10,13,15-16,19,23,32H,9,11-12,14,17-18,20-21H2,(H,34,38). The van der Waals surface area contributed by atoms with Gasteiger partial charge in [-0.2, -0.15) is 0 Å². The summed E-state index contributed by atoms with van der Waals surface area (Å²) in [7, 11) is 0. The van der Waals surface area contributed by atoms with Crippen LogP contribution < -0.4 is 10.6 Å². The van der Waals surface area contributed by atoms with E-state index in [0.717, 1.165) is 49.2 Å². The van der Waals surface area contributed by atoms with Gasteiger partial charge < -0.3 is 15.5 Å². The Morgan fingerprint density at radius 1 is 1.00 bits per heavy atom. The van der Waals surface area contributed by atoms with Gasteiger partial charge in [0.25, 0.3) is 0 Å². The lowest BCUT2D eigenvalue weighted by molar-refractivity contribution is -0.132. The molecule has 3 heterocycles. The van der Waals surface area contributed by atoms with E-state index < -0.39 is 0 Å². The van der Waals surface area contributed by atoms with E-state index >= 15 is 0 Å². The molecule has 0 fully saturated rings. The Hall–Kier alpha value is -4.46. The van der Waals surface area contributed by atoms with Gasteiger partial charge in [0.1, 0.15) is 0 Å². The summed E-state index contributed by atoms with van der Waals surface area (Å²) >= 11 is 0. The molecule has 39 heavy (non-hydrogen) atoms. The lowest BCUT2D eigenvalue weighted by atomic mass is 9.90. The lowest BCUT2D eigenvalue weighted by Gasteiger charge is -2.31. The molecule has 2 aliphatic rings. The normalized spacial score (nSPS) is 16.1. The highest BCUT2D eigenvalue weighted by Gasteiger charge is 2.24. The van der Waals surface area contributed by atoms with Crippen LogP contribution in [0.3, 0.4) is 0 Å². The van der Waals surface area contributed by atoms with Crippen LogP contribution in [0, 0.1) is 5.92 Å². The van der Waals surface area contributed by atoms with Crippen molar-refractivity contribution in [2.24, 2.45) is 5.92 Å². The van der Waals surface area contributed by atoms with Crippen LogP contribution in [-0.4, -0.2) is 44.8 Å². The first-order valence-corrected chi connectivity index (χ1v) is 13.6. The van der Waals surface area contributed by atoms with E-state index in [1.165, 1.54) is 16.8 Å². The Morgan fingerprint density at radius 2 is 1.92 bits per heavy atom. The Labute approximate surface area is 228 Å². The number of rotatable bonds is 7. The number of nitrogens with one attached hydrogen (secondary N) is 2. The van der Waals surface area contributed by atoms with Gasteiger partial charge in [-0.3, -0.25) is 9.59 Å². The summed E-state index contributed by atoms with van der Waals surface area (Å²) in [6.45, 7) is 2.28. The highest BCUT2D eigenvalue weighted by atomic mass is 16.2. The van der Waals surface area contributed by atoms with E-state index in [2.05, 4.69) is 57.3 Å². The van der Waals surface area contributed by atoms with E-state index in [0.29, 0.717) is 24.6 Å². The van der Waals surface area contributed by atoms with Gasteiger partial charge in [-0.05, 0) is 71.7 Å². The molecule has 1 unspecified atom stereocenters. The van der Waals surface area contributed by atoms with Crippen molar-refractivity contribution in [2.45, 2.75) is 38.6 Å². The van der Waals surface area contributed by atoms with Crippen LogP contribution in [0.5, 0.6) is 0 Å². The molecule has 0 spiro atoms. The molecular weight excluding hydrogens is 488 g/mol. The van der Waals surface area contributed by atoms with Gasteiger partial charge in [0.05, 0.1) is 24.5 Å². The first kappa shape index (κ1) is 24.9. The third kappa shape index (κ3) is 5.85. The van der Waals surface area contributed by atoms with Crippen molar-refractivity contribution in [1.29, 1.82) is 0 Å². The van der Waals surface area contributed by atoms with Crippen LogP contribution in [0.1, 0.15) is 35.1 Å². The second-order valence-corrected chi connectivity index (χ2v) is 10.4. The van der Waals surface area contributed by atoms with Crippen molar-refractivity contribution in [3.05, 3.63) is 101 Å². The Morgan fingerprint density at radius 3 is 2.82 bits per heavy atom. The summed E-state index contributed by atoms with van der Waals surface area (Å²) in [4.78, 5) is 27.9. The molecule has 0 aliphatic carbocycles. The maximum Gasteiger partial charge on any atom is 0.228 e. The molecule has 3 aromatic carbocycles. The fraction of sp³-hybridized carbons (Fsp3) is 0.290. The Kier molecular flexibility index (Phi) is 7.08. The summed E-state index contributed by atoms with van der Waals surface area (Å²) in [5, 5.41) is 14.3. The van der Waals surface area contributed by atoms with Gasteiger partial charge in [0.2, 0.25) is 11.8 Å². The van der Waals surface area contributed by atoms with Crippen molar-refractivity contribution in [3.8, 4) is 5.69 Å². The maximum atomic E-state index is 13.1. The molecular formula is C31H32N6O2. The monoisotopic (exact) mass is 520 g/mol. The molecule has 2 amide bonds. The van der Waals surface area contributed by atoms with Crippen LogP contribution in [-0.2, 0) is 35.4 Å². The molecule has 0 bridgehead atoms. The second-order valence-electron chi connectivity index (χ2n) is 10.4. The zero-order chi connectivity index (χ0) is 26.6. The molecule has 1 aromatic heterocycles. The Bertz CT molecular complexity index is 1480. The van der Waals surface area contributed by atoms with Gasteiger partial charge in [-0.15, -0.1) is 5.10 Å². The average molecular weight is 521 g/mol. The van der Waals surface area contributed by atoms with Crippen LogP contribution in [0.2, 0.25) is 0 Å². The minimum Gasteiger partial charge on any atom is -0.385 e. The topological polar surface area (TPSA) is 92.2 Å². The van der Waals surface area contributed by atoms with Gasteiger partial charge in [0, 0.05) is 37.4 Å². The number of amides is 2. The van der Waals surface area contributed by atoms with E-state index in [-0.39, 0.29) is 18.2 Å². The van der Waals surface area contributed by atoms with Gasteiger partial charge in [-0.1, -0.05) is 47.7 Å². The fourth-order valence-electron chi connectivity index (χ4n) is 5.59. The van der Waals surface area contributed by atoms with Gasteiger partial charge >= 0.3 is 0 Å². The summed E-state index contributed by atoms with van der Waals surface area (Å²) < 4.78 is 1.65. The summed E-state index contributed by atoms with van der Waals surface area (Å²) in [6.07, 6.45) is 6.97. The molecule has 8 heteroatoms. The van der Waals surface area contributed by atoms with Gasteiger partial charge in [-0.25, -0.2) is 4.68 Å². The van der Waals surface area contributed by atoms with Crippen molar-refractivity contribution in [2.75, 3.05) is 23.7 Å². The molecule has 4 aromatic rings. The molecule has 198 valence electrons. The largest absolute Gasteiger partial charge is 0.385 e. The number of fused-ring (bicyclic) bond motifs is 2. The second kappa shape index (κ2) is 11.1. The number of hydrogen-bond donors (Lipinski definition) is 2. The molecule has 1 atom stereocenters. The molecule has 2 aliphatic heterocycles. The number of hydrogen-bond acceptors (Lipinski definition) is 5. The minimum atomic E-state index is -0.0860. The van der Waals surface area contributed by atoms with E-state index in [1.807, 2.05) is 35.2 Å². The fourth-order valence-corrected chi connectivity index (χ4v) is 5.59. The van der Waals surface area contributed by atoms with Crippen LogP contribution in [0.25, 0.3) is 5.69 Å².